The molecular formula is C15H15N3O2. The summed E-state index contributed by atoms with van der Waals surface area (Å²) in [5.74, 6) is -0.0967. The first-order chi connectivity index (χ1) is 9.79. The summed E-state index contributed by atoms with van der Waals surface area (Å²) in [6.45, 7) is 2.68. The lowest BCUT2D eigenvalue weighted by molar-refractivity contribution is 0.0953. The lowest BCUT2D eigenvalue weighted by Gasteiger charge is -2.03. The molecule has 0 saturated heterocycles. The fourth-order valence-electron chi connectivity index (χ4n) is 2.12. The summed E-state index contributed by atoms with van der Waals surface area (Å²) in [4.78, 5) is 19.4. The monoisotopic (exact) mass is 269 g/mol. The molecule has 2 N–H and O–H groups in total. The molecule has 0 atom stereocenters. The van der Waals surface area contributed by atoms with Crippen molar-refractivity contribution in [3.05, 3.63) is 42.6 Å². The highest BCUT2D eigenvalue weighted by molar-refractivity contribution is 6.00. The highest BCUT2D eigenvalue weighted by Crippen LogP contribution is 2.28. The summed E-state index contributed by atoms with van der Waals surface area (Å²) in [5.41, 5.74) is 3.26. The van der Waals surface area contributed by atoms with E-state index in [2.05, 4.69) is 15.3 Å². The molecule has 0 fully saturated rings. The lowest BCUT2D eigenvalue weighted by atomic mass is 10.1. The molecule has 5 nitrogen and oxygen atoms in total. The van der Waals surface area contributed by atoms with Crippen LogP contribution in [-0.2, 0) is 0 Å². The number of fused-ring (bicyclic) bond motifs is 1. The van der Waals surface area contributed by atoms with E-state index in [4.69, 9.17) is 4.42 Å². The van der Waals surface area contributed by atoms with Crippen molar-refractivity contribution in [1.29, 1.82) is 0 Å². The average molecular weight is 269 g/mol. The molecule has 0 aliphatic heterocycles. The topological polar surface area (TPSA) is 70.9 Å². The quantitative estimate of drug-likeness (QED) is 0.765. The molecule has 0 aliphatic rings. The second-order valence-electron chi connectivity index (χ2n) is 4.59. The van der Waals surface area contributed by atoms with Crippen LogP contribution >= 0.6 is 0 Å². The van der Waals surface area contributed by atoms with Crippen molar-refractivity contribution in [2.45, 2.75) is 13.3 Å². The van der Waals surface area contributed by atoms with Gasteiger partial charge in [-0.15, -0.1) is 0 Å². The zero-order chi connectivity index (χ0) is 13.9. The molecule has 0 aromatic carbocycles. The number of pyridine rings is 1. The molecule has 3 aromatic rings. The Bertz CT molecular complexity index is 729. The highest BCUT2D eigenvalue weighted by atomic mass is 16.3. The number of amides is 1. The van der Waals surface area contributed by atoms with Crippen LogP contribution in [0, 0.1) is 0 Å². The van der Waals surface area contributed by atoms with Crippen LogP contribution in [0.4, 0.5) is 0 Å². The maximum Gasteiger partial charge on any atom is 0.252 e. The lowest BCUT2D eigenvalue weighted by Crippen LogP contribution is -2.24. The van der Waals surface area contributed by atoms with Crippen LogP contribution in [0.25, 0.3) is 22.2 Å². The fourth-order valence-corrected chi connectivity index (χ4v) is 2.12. The third kappa shape index (κ3) is 2.18. The number of hydrogen-bond donors (Lipinski definition) is 2. The van der Waals surface area contributed by atoms with Crippen molar-refractivity contribution in [3.8, 4) is 11.1 Å². The van der Waals surface area contributed by atoms with Crippen LogP contribution in [0.5, 0.6) is 0 Å². The standard InChI is InChI=1S/C15H15N3O2/c1-2-4-16-15(19)11-6-12-13(10-3-5-20-9-10)8-18-14(12)17-7-11/h3,5-9H,2,4H2,1H3,(H,16,19)(H,17,18). The molecule has 3 aromatic heterocycles. The number of nitrogens with one attached hydrogen (secondary N) is 2. The van der Waals surface area contributed by atoms with Gasteiger partial charge in [-0.25, -0.2) is 4.98 Å². The number of nitrogens with zero attached hydrogens (tertiary/aromatic N) is 1. The van der Waals surface area contributed by atoms with Gasteiger partial charge < -0.3 is 14.7 Å². The number of carbonyl (C=O) groups excluding carboxylic acids is 1. The van der Waals surface area contributed by atoms with E-state index in [1.165, 1.54) is 0 Å². The van der Waals surface area contributed by atoms with Gasteiger partial charge in [-0.3, -0.25) is 4.79 Å². The highest BCUT2D eigenvalue weighted by Gasteiger charge is 2.12. The number of aromatic amines is 1. The molecule has 0 bridgehead atoms. The first-order valence-corrected chi connectivity index (χ1v) is 6.57. The Morgan fingerprint density at radius 2 is 2.40 bits per heavy atom. The SMILES string of the molecule is CCCNC(=O)c1cnc2[nH]cc(-c3ccoc3)c2c1. The van der Waals surface area contributed by atoms with Gasteiger partial charge >= 0.3 is 0 Å². The Hall–Kier alpha value is -2.56. The van der Waals surface area contributed by atoms with Crippen LogP contribution in [0.15, 0.2) is 41.5 Å². The summed E-state index contributed by atoms with van der Waals surface area (Å²) in [5, 5.41) is 3.76. The second-order valence-corrected chi connectivity index (χ2v) is 4.59. The Morgan fingerprint density at radius 1 is 1.50 bits per heavy atom. The minimum atomic E-state index is -0.0967. The summed E-state index contributed by atoms with van der Waals surface area (Å²) < 4.78 is 5.10. The summed E-state index contributed by atoms with van der Waals surface area (Å²) >= 11 is 0. The Morgan fingerprint density at radius 3 is 3.15 bits per heavy atom. The van der Waals surface area contributed by atoms with Gasteiger partial charge in [0.1, 0.15) is 5.65 Å². The van der Waals surface area contributed by atoms with Crippen LogP contribution in [0.1, 0.15) is 23.7 Å². The van der Waals surface area contributed by atoms with Gasteiger partial charge in [-0.2, -0.15) is 0 Å². The molecule has 3 heterocycles. The van der Waals surface area contributed by atoms with Crippen molar-refractivity contribution in [2.24, 2.45) is 0 Å². The van der Waals surface area contributed by atoms with Gasteiger partial charge in [0.15, 0.2) is 0 Å². The van der Waals surface area contributed by atoms with Crippen LogP contribution in [0.2, 0.25) is 0 Å². The zero-order valence-electron chi connectivity index (χ0n) is 11.1. The van der Waals surface area contributed by atoms with Crippen molar-refractivity contribution >= 4 is 16.9 Å². The number of carbonyl (C=O) groups is 1. The molecule has 0 spiro atoms. The van der Waals surface area contributed by atoms with Crippen LogP contribution < -0.4 is 5.32 Å². The fraction of sp³-hybridized carbons (Fsp3) is 0.200. The maximum absolute atomic E-state index is 12.0. The molecule has 0 unspecified atom stereocenters. The Labute approximate surface area is 116 Å². The molecule has 102 valence electrons. The number of furan rings is 1. The Balaban J connectivity index is 2.01. The molecule has 20 heavy (non-hydrogen) atoms. The van der Waals surface area contributed by atoms with Crippen molar-refractivity contribution in [2.75, 3.05) is 6.54 Å². The van der Waals surface area contributed by atoms with Crippen LogP contribution in [-0.4, -0.2) is 22.4 Å². The average Bonchev–Trinajstić information content (AvgIpc) is 3.12. The molecule has 5 heteroatoms. The molecular weight excluding hydrogens is 254 g/mol. The number of rotatable bonds is 4. The van der Waals surface area contributed by atoms with E-state index in [0.717, 1.165) is 28.6 Å². The predicted molar refractivity (Wildman–Crippen MR) is 76.4 cm³/mol. The van der Waals surface area contributed by atoms with Gasteiger partial charge in [-0.05, 0) is 18.6 Å². The van der Waals surface area contributed by atoms with Crippen molar-refractivity contribution in [3.63, 3.8) is 0 Å². The minimum Gasteiger partial charge on any atom is -0.472 e. The maximum atomic E-state index is 12.0. The van der Waals surface area contributed by atoms with E-state index in [1.54, 1.807) is 18.7 Å². The van der Waals surface area contributed by atoms with Gasteiger partial charge in [0.25, 0.3) is 5.91 Å². The molecule has 0 saturated carbocycles. The normalized spacial score (nSPS) is 10.8. The number of H-pyrrole nitrogens is 1. The van der Waals surface area contributed by atoms with E-state index < -0.39 is 0 Å². The van der Waals surface area contributed by atoms with Gasteiger partial charge in [0.2, 0.25) is 0 Å². The van der Waals surface area contributed by atoms with E-state index >= 15 is 0 Å². The molecule has 3 rings (SSSR count). The first kappa shape index (κ1) is 12.5. The number of aromatic nitrogens is 2. The van der Waals surface area contributed by atoms with E-state index in [9.17, 15) is 4.79 Å². The van der Waals surface area contributed by atoms with Crippen molar-refractivity contribution < 1.29 is 9.21 Å². The Kier molecular flexibility index (Phi) is 3.25. The third-order valence-corrected chi connectivity index (χ3v) is 3.16. The summed E-state index contributed by atoms with van der Waals surface area (Å²) in [6.07, 6.45) is 7.66. The summed E-state index contributed by atoms with van der Waals surface area (Å²) in [7, 11) is 0. The molecule has 0 aliphatic carbocycles. The first-order valence-electron chi connectivity index (χ1n) is 6.57. The van der Waals surface area contributed by atoms with E-state index in [1.807, 2.05) is 25.3 Å². The van der Waals surface area contributed by atoms with Crippen LogP contribution in [0.3, 0.4) is 0 Å². The smallest absolute Gasteiger partial charge is 0.252 e. The summed E-state index contributed by atoms with van der Waals surface area (Å²) in [6, 6.07) is 3.73. The third-order valence-electron chi connectivity index (χ3n) is 3.16. The molecule has 0 radical (unpaired) electrons. The minimum absolute atomic E-state index is 0.0967. The number of hydrogen-bond acceptors (Lipinski definition) is 3. The van der Waals surface area contributed by atoms with Gasteiger partial charge in [-0.1, -0.05) is 6.92 Å². The van der Waals surface area contributed by atoms with E-state index in [-0.39, 0.29) is 5.91 Å². The van der Waals surface area contributed by atoms with Gasteiger partial charge in [0.05, 0.1) is 18.1 Å². The predicted octanol–water partition coefficient (Wildman–Crippen LogP) is 2.96. The van der Waals surface area contributed by atoms with Crippen molar-refractivity contribution in [1.82, 2.24) is 15.3 Å². The van der Waals surface area contributed by atoms with Gasteiger partial charge in [0, 0.05) is 35.5 Å². The van der Waals surface area contributed by atoms with E-state index in [0.29, 0.717) is 12.1 Å². The zero-order valence-corrected chi connectivity index (χ0v) is 11.1. The molecule has 1 amide bonds. The second kappa shape index (κ2) is 5.21. The largest absolute Gasteiger partial charge is 0.472 e.